The van der Waals surface area contributed by atoms with Crippen molar-refractivity contribution in [3.05, 3.63) is 0 Å². The Morgan fingerprint density at radius 1 is 0.558 bits per heavy atom. The van der Waals surface area contributed by atoms with E-state index in [1.807, 2.05) is 0 Å². The molecule has 0 amide bonds. The number of ether oxygens (including phenoxy) is 4. The summed E-state index contributed by atoms with van der Waals surface area (Å²) in [7, 11) is 0. The fourth-order valence-electron chi connectivity index (χ4n) is 6.48. The Labute approximate surface area is 316 Å². The maximum absolute atomic E-state index is 13.3. The molecule has 10 heteroatoms. The van der Waals surface area contributed by atoms with Crippen molar-refractivity contribution in [1.29, 1.82) is 0 Å². The van der Waals surface area contributed by atoms with Crippen molar-refractivity contribution in [3.63, 3.8) is 0 Å². The van der Waals surface area contributed by atoms with Gasteiger partial charge in [-0.3, -0.25) is 19.2 Å². The maximum atomic E-state index is 13.3. The summed E-state index contributed by atoms with van der Waals surface area (Å²) in [5.74, 6) is -1.56. The SMILES string of the molecule is CCCCCCCCCOC(=O)CCCCC(=O)OCC(COC(=O)CCN1CC(CO)C1)COC(=O)C(CCCCCC)CCCCCCCC. The normalized spacial score (nSPS) is 14.4. The molecule has 52 heavy (non-hydrogen) atoms. The van der Waals surface area contributed by atoms with Crippen LogP contribution in [0.4, 0.5) is 0 Å². The van der Waals surface area contributed by atoms with Crippen molar-refractivity contribution in [2.24, 2.45) is 17.8 Å². The molecule has 0 aromatic rings. The van der Waals surface area contributed by atoms with E-state index in [9.17, 15) is 24.3 Å². The third-order valence-electron chi connectivity index (χ3n) is 10.0. The molecule has 0 aliphatic carbocycles. The van der Waals surface area contributed by atoms with Crippen molar-refractivity contribution in [3.8, 4) is 0 Å². The minimum Gasteiger partial charge on any atom is -0.466 e. The number of esters is 4. The van der Waals surface area contributed by atoms with E-state index in [0.29, 0.717) is 26.0 Å². The van der Waals surface area contributed by atoms with Crippen molar-refractivity contribution >= 4 is 23.9 Å². The zero-order valence-electron chi connectivity index (χ0n) is 33.5. The Hall–Kier alpha value is -2.20. The molecule has 0 aromatic carbocycles. The molecule has 1 fully saturated rings. The van der Waals surface area contributed by atoms with E-state index in [1.54, 1.807) is 0 Å². The van der Waals surface area contributed by atoms with Crippen LogP contribution in [-0.4, -0.2) is 86.6 Å². The van der Waals surface area contributed by atoms with Crippen LogP contribution in [0, 0.1) is 17.8 Å². The number of carbonyl (C=O) groups is 4. The molecule has 0 aromatic heterocycles. The van der Waals surface area contributed by atoms with Gasteiger partial charge in [-0.05, 0) is 32.1 Å². The highest BCUT2D eigenvalue weighted by molar-refractivity contribution is 5.72. The van der Waals surface area contributed by atoms with E-state index in [-0.39, 0.29) is 75.4 Å². The molecule has 1 rings (SSSR count). The third kappa shape index (κ3) is 26.5. The molecule has 0 radical (unpaired) electrons. The highest BCUT2D eigenvalue weighted by Gasteiger charge is 2.27. The van der Waals surface area contributed by atoms with E-state index < -0.39 is 11.9 Å². The van der Waals surface area contributed by atoms with Crippen LogP contribution in [0.2, 0.25) is 0 Å². The summed E-state index contributed by atoms with van der Waals surface area (Å²) < 4.78 is 22.3. The van der Waals surface area contributed by atoms with E-state index in [4.69, 9.17) is 18.9 Å². The van der Waals surface area contributed by atoms with E-state index in [1.165, 1.54) is 57.8 Å². The highest BCUT2D eigenvalue weighted by atomic mass is 16.6. The van der Waals surface area contributed by atoms with Gasteiger partial charge in [-0.25, -0.2) is 0 Å². The van der Waals surface area contributed by atoms with Crippen molar-refractivity contribution < 1.29 is 43.2 Å². The maximum Gasteiger partial charge on any atom is 0.308 e. The quantitative estimate of drug-likeness (QED) is 0.0378. The first-order valence-corrected chi connectivity index (χ1v) is 21.3. The van der Waals surface area contributed by atoms with Crippen LogP contribution in [-0.2, 0) is 38.1 Å². The van der Waals surface area contributed by atoms with Crippen LogP contribution in [0.3, 0.4) is 0 Å². The zero-order valence-corrected chi connectivity index (χ0v) is 33.5. The van der Waals surface area contributed by atoms with Crippen LogP contribution >= 0.6 is 0 Å². The van der Waals surface area contributed by atoms with Crippen molar-refractivity contribution in [2.75, 3.05) is 52.7 Å². The monoisotopic (exact) mass is 740 g/mol. The predicted octanol–water partition coefficient (Wildman–Crippen LogP) is 8.74. The van der Waals surface area contributed by atoms with Crippen LogP contribution in [0.5, 0.6) is 0 Å². The smallest absolute Gasteiger partial charge is 0.308 e. The molecule has 304 valence electrons. The van der Waals surface area contributed by atoms with Gasteiger partial charge in [-0.2, -0.15) is 0 Å². The van der Waals surface area contributed by atoms with Gasteiger partial charge in [-0.15, -0.1) is 0 Å². The summed E-state index contributed by atoms with van der Waals surface area (Å²) >= 11 is 0. The fraction of sp³-hybridized carbons (Fsp3) is 0.905. The van der Waals surface area contributed by atoms with Crippen LogP contribution in [0.1, 0.15) is 175 Å². The number of aliphatic hydroxyl groups excluding tert-OH is 1. The fourth-order valence-corrected chi connectivity index (χ4v) is 6.48. The number of hydrogen-bond donors (Lipinski definition) is 1. The second-order valence-corrected chi connectivity index (χ2v) is 15.1. The summed E-state index contributed by atoms with van der Waals surface area (Å²) in [6, 6.07) is 0. The first kappa shape index (κ1) is 47.8. The molecule has 0 saturated carbocycles. The Kier molecular flexibility index (Phi) is 30.7. The summed E-state index contributed by atoms with van der Waals surface area (Å²) in [6.07, 6.45) is 22.9. The molecule has 1 aliphatic heterocycles. The highest BCUT2D eigenvalue weighted by Crippen LogP contribution is 2.21. The van der Waals surface area contributed by atoms with Crippen LogP contribution in [0.15, 0.2) is 0 Å². The van der Waals surface area contributed by atoms with Gasteiger partial charge in [0.2, 0.25) is 0 Å². The number of rotatable bonds is 36. The molecule has 1 N–H and O–H groups in total. The molecular weight excluding hydrogens is 662 g/mol. The lowest BCUT2D eigenvalue weighted by Crippen LogP contribution is -2.48. The predicted molar refractivity (Wildman–Crippen MR) is 206 cm³/mol. The first-order valence-electron chi connectivity index (χ1n) is 21.3. The Morgan fingerprint density at radius 3 is 1.54 bits per heavy atom. The summed E-state index contributed by atoms with van der Waals surface area (Å²) in [5, 5.41) is 9.23. The van der Waals surface area contributed by atoms with E-state index >= 15 is 0 Å². The summed E-state index contributed by atoms with van der Waals surface area (Å²) in [4.78, 5) is 52.6. The average Bonchev–Trinajstić information content (AvgIpc) is 3.12. The molecular formula is C42H77NO9. The second kappa shape index (κ2) is 33.4. The first-order chi connectivity index (χ1) is 25.3. The van der Waals surface area contributed by atoms with Gasteiger partial charge in [-0.1, -0.05) is 124 Å². The Morgan fingerprint density at radius 2 is 1.00 bits per heavy atom. The molecule has 1 aliphatic rings. The zero-order chi connectivity index (χ0) is 38.1. The number of carbonyl (C=O) groups excluding carboxylic acids is 4. The summed E-state index contributed by atoms with van der Waals surface area (Å²) in [5.41, 5.74) is 0. The second-order valence-electron chi connectivity index (χ2n) is 15.1. The van der Waals surface area contributed by atoms with Gasteiger partial charge < -0.3 is 29.0 Å². The lowest BCUT2D eigenvalue weighted by atomic mass is 9.94. The lowest BCUT2D eigenvalue weighted by molar-refractivity contribution is -0.156. The van der Waals surface area contributed by atoms with Crippen molar-refractivity contribution in [1.82, 2.24) is 4.90 Å². The molecule has 10 nitrogen and oxygen atoms in total. The summed E-state index contributed by atoms with van der Waals surface area (Å²) in [6.45, 7) is 9.28. The Balaban J connectivity index is 2.53. The van der Waals surface area contributed by atoms with Crippen LogP contribution < -0.4 is 0 Å². The van der Waals surface area contributed by atoms with Crippen molar-refractivity contribution in [2.45, 2.75) is 175 Å². The molecule has 0 bridgehead atoms. The molecule has 1 saturated heterocycles. The van der Waals surface area contributed by atoms with Gasteiger partial charge in [0.05, 0.1) is 24.9 Å². The molecule has 2 unspecified atom stereocenters. The largest absolute Gasteiger partial charge is 0.466 e. The van der Waals surface area contributed by atoms with E-state index in [2.05, 4.69) is 25.7 Å². The topological polar surface area (TPSA) is 129 Å². The van der Waals surface area contributed by atoms with Gasteiger partial charge >= 0.3 is 23.9 Å². The number of likely N-dealkylation sites (tertiary alicyclic amines) is 1. The lowest BCUT2D eigenvalue weighted by Gasteiger charge is -2.37. The number of unbranched alkanes of at least 4 members (excludes halogenated alkanes) is 15. The number of nitrogens with zero attached hydrogens (tertiary/aromatic N) is 1. The van der Waals surface area contributed by atoms with Gasteiger partial charge in [0.1, 0.15) is 19.8 Å². The molecule has 2 atom stereocenters. The number of hydrogen-bond acceptors (Lipinski definition) is 10. The minimum atomic E-state index is -0.476. The minimum absolute atomic E-state index is 0.0102. The molecule has 0 spiro atoms. The Bertz CT molecular complexity index is 908. The molecule has 1 heterocycles. The third-order valence-corrected chi connectivity index (χ3v) is 10.0. The van der Waals surface area contributed by atoms with Gasteiger partial charge in [0, 0.05) is 45.0 Å². The standard InChI is InChI=1S/C42H77NO9/c1-4-7-10-13-15-17-22-29-49-39(45)25-20-21-26-40(46)50-33-37(34-51-41(47)27-28-43-30-36(31-43)32-44)35-52-42(48)38(23-18-12-9-6-3)24-19-16-14-11-8-5-2/h36-38,44H,4-35H2,1-3H3. The van der Waals surface area contributed by atoms with E-state index in [0.717, 1.165) is 77.3 Å². The van der Waals surface area contributed by atoms with Gasteiger partial charge in [0.25, 0.3) is 0 Å². The van der Waals surface area contributed by atoms with Gasteiger partial charge in [0.15, 0.2) is 0 Å². The average molecular weight is 740 g/mol. The van der Waals surface area contributed by atoms with Crippen LogP contribution in [0.25, 0.3) is 0 Å². The number of aliphatic hydroxyl groups is 1.